The smallest absolute Gasteiger partial charge is 0.271 e. The summed E-state index contributed by atoms with van der Waals surface area (Å²) in [6, 6.07) is 10.2. The summed E-state index contributed by atoms with van der Waals surface area (Å²) >= 11 is 0. The Morgan fingerprint density at radius 3 is 2.73 bits per heavy atom. The molecule has 2 aliphatic rings. The van der Waals surface area contributed by atoms with Crippen LogP contribution >= 0.6 is 0 Å². The van der Waals surface area contributed by atoms with Crippen LogP contribution in [0.1, 0.15) is 63.4 Å². The predicted molar refractivity (Wildman–Crippen MR) is 117 cm³/mol. The molecule has 1 aromatic heterocycles. The van der Waals surface area contributed by atoms with Crippen LogP contribution in [-0.4, -0.2) is 52.1 Å². The summed E-state index contributed by atoms with van der Waals surface area (Å²) in [5.41, 5.74) is 0.738. The fraction of sp³-hybridized carbons (Fsp3) is 0.583. The minimum atomic E-state index is -0.924. The Labute approximate surface area is 178 Å². The molecule has 0 spiro atoms. The van der Waals surface area contributed by atoms with Crippen molar-refractivity contribution >= 4 is 22.7 Å². The summed E-state index contributed by atoms with van der Waals surface area (Å²) in [6.07, 6.45) is 5.22. The standard InChI is InChI=1S/C24H33N3O3/c1-17(2)30-14-8-13-27-22(28)21-15-18-9-4-7-12-20(18)26(21)16-24(27,3)23(29)25-19-10-5-6-11-19/h4,7,9,12,15,17,19H,5-6,8,10-11,13-14,16H2,1-3H3,(H,25,29)/t24-/m1/s1. The van der Waals surface area contributed by atoms with Crippen molar-refractivity contribution in [2.75, 3.05) is 13.2 Å². The van der Waals surface area contributed by atoms with Gasteiger partial charge in [-0.2, -0.15) is 0 Å². The number of aromatic nitrogens is 1. The van der Waals surface area contributed by atoms with Gasteiger partial charge < -0.3 is 19.5 Å². The van der Waals surface area contributed by atoms with Crippen molar-refractivity contribution in [3.8, 4) is 0 Å². The van der Waals surface area contributed by atoms with E-state index in [1.807, 2.05) is 55.7 Å². The second-order valence-electron chi connectivity index (χ2n) is 9.13. The third kappa shape index (κ3) is 3.85. The SMILES string of the molecule is CC(C)OCCCN1C(=O)c2cc3ccccc3n2C[C@]1(C)C(=O)NC1CCCC1. The number of fused-ring (bicyclic) bond motifs is 3. The lowest BCUT2D eigenvalue weighted by molar-refractivity contribution is -0.133. The summed E-state index contributed by atoms with van der Waals surface area (Å²) in [4.78, 5) is 28.8. The third-order valence-electron chi connectivity index (χ3n) is 6.49. The molecule has 2 heterocycles. The number of rotatable bonds is 7. The second-order valence-corrected chi connectivity index (χ2v) is 9.13. The Morgan fingerprint density at radius 2 is 2.00 bits per heavy atom. The summed E-state index contributed by atoms with van der Waals surface area (Å²) < 4.78 is 7.70. The normalized spacial score (nSPS) is 22.1. The molecule has 1 fully saturated rings. The van der Waals surface area contributed by atoms with Crippen LogP contribution in [0.3, 0.4) is 0 Å². The summed E-state index contributed by atoms with van der Waals surface area (Å²) in [5, 5.41) is 4.27. The lowest BCUT2D eigenvalue weighted by Crippen LogP contribution is -2.65. The average molecular weight is 412 g/mol. The molecule has 0 saturated heterocycles. The highest BCUT2D eigenvalue weighted by atomic mass is 16.5. The highest BCUT2D eigenvalue weighted by Crippen LogP contribution is 2.33. The van der Waals surface area contributed by atoms with Gasteiger partial charge in [0.05, 0.1) is 12.6 Å². The Kier molecular flexibility index (Phi) is 5.87. The van der Waals surface area contributed by atoms with Gasteiger partial charge in [-0.05, 0) is 52.2 Å². The lowest BCUT2D eigenvalue weighted by atomic mass is 9.94. The van der Waals surface area contributed by atoms with Crippen molar-refractivity contribution < 1.29 is 14.3 Å². The summed E-state index contributed by atoms with van der Waals surface area (Å²) in [6.45, 7) is 7.46. The molecule has 162 valence electrons. The number of carbonyl (C=O) groups excluding carboxylic acids is 2. The number of amides is 2. The van der Waals surface area contributed by atoms with Gasteiger partial charge in [-0.15, -0.1) is 0 Å². The van der Waals surface area contributed by atoms with Crippen LogP contribution in [0.15, 0.2) is 30.3 Å². The van der Waals surface area contributed by atoms with Crippen molar-refractivity contribution in [3.05, 3.63) is 36.0 Å². The van der Waals surface area contributed by atoms with Crippen LogP contribution in [0, 0.1) is 0 Å². The zero-order valence-corrected chi connectivity index (χ0v) is 18.3. The molecule has 30 heavy (non-hydrogen) atoms. The quantitative estimate of drug-likeness (QED) is 0.706. The average Bonchev–Trinajstić information content (AvgIpc) is 3.35. The maximum absolute atomic E-state index is 13.6. The first kappa shape index (κ1) is 20.9. The van der Waals surface area contributed by atoms with Crippen molar-refractivity contribution in [1.29, 1.82) is 0 Å². The Bertz CT molecular complexity index is 929. The van der Waals surface area contributed by atoms with Gasteiger partial charge in [-0.3, -0.25) is 9.59 Å². The maximum atomic E-state index is 13.6. The molecule has 2 aromatic rings. The van der Waals surface area contributed by atoms with Crippen molar-refractivity contribution in [1.82, 2.24) is 14.8 Å². The second kappa shape index (κ2) is 8.42. The van der Waals surface area contributed by atoms with E-state index < -0.39 is 5.54 Å². The molecule has 1 aliphatic heterocycles. The Hall–Kier alpha value is -2.34. The van der Waals surface area contributed by atoms with Gasteiger partial charge in [0, 0.05) is 30.1 Å². The molecule has 1 saturated carbocycles. The minimum Gasteiger partial charge on any atom is -0.379 e. The van der Waals surface area contributed by atoms with Gasteiger partial charge in [-0.1, -0.05) is 31.0 Å². The van der Waals surface area contributed by atoms with E-state index in [1.54, 1.807) is 4.90 Å². The molecule has 0 radical (unpaired) electrons. The van der Waals surface area contributed by atoms with Crippen molar-refractivity contribution in [2.24, 2.45) is 0 Å². The molecule has 1 aliphatic carbocycles. The van der Waals surface area contributed by atoms with E-state index in [2.05, 4.69) is 5.32 Å². The van der Waals surface area contributed by atoms with Crippen LogP contribution in [-0.2, 0) is 16.1 Å². The van der Waals surface area contributed by atoms with E-state index in [1.165, 1.54) is 0 Å². The van der Waals surface area contributed by atoms with Gasteiger partial charge in [-0.25, -0.2) is 0 Å². The first-order valence-corrected chi connectivity index (χ1v) is 11.2. The summed E-state index contributed by atoms with van der Waals surface area (Å²) in [5.74, 6) is -0.123. The van der Waals surface area contributed by atoms with Crippen LogP contribution in [0.5, 0.6) is 0 Å². The maximum Gasteiger partial charge on any atom is 0.271 e. The molecule has 0 bridgehead atoms. The van der Waals surface area contributed by atoms with Gasteiger partial charge in [0.1, 0.15) is 11.2 Å². The van der Waals surface area contributed by atoms with Gasteiger partial charge in [0.25, 0.3) is 5.91 Å². The minimum absolute atomic E-state index is 0.0454. The number of benzene rings is 1. The molecular weight excluding hydrogens is 378 g/mol. The fourth-order valence-electron chi connectivity index (χ4n) is 4.81. The molecule has 1 aromatic carbocycles. The lowest BCUT2D eigenvalue weighted by Gasteiger charge is -2.44. The van der Waals surface area contributed by atoms with Gasteiger partial charge in [0.15, 0.2) is 0 Å². The fourth-order valence-corrected chi connectivity index (χ4v) is 4.81. The number of nitrogens with one attached hydrogen (secondary N) is 1. The van der Waals surface area contributed by atoms with Crippen molar-refractivity contribution in [2.45, 2.75) is 77.1 Å². The number of para-hydroxylation sites is 1. The monoisotopic (exact) mass is 411 g/mol. The number of ether oxygens (including phenoxy) is 1. The van der Waals surface area contributed by atoms with E-state index >= 15 is 0 Å². The number of hydrogen-bond acceptors (Lipinski definition) is 3. The van der Waals surface area contributed by atoms with E-state index in [0.717, 1.165) is 36.6 Å². The third-order valence-corrected chi connectivity index (χ3v) is 6.49. The molecule has 6 nitrogen and oxygen atoms in total. The van der Waals surface area contributed by atoms with Crippen molar-refractivity contribution in [3.63, 3.8) is 0 Å². The van der Waals surface area contributed by atoms with Crippen LogP contribution < -0.4 is 5.32 Å². The first-order valence-electron chi connectivity index (χ1n) is 11.2. The molecule has 1 N–H and O–H groups in total. The predicted octanol–water partition coefficient (Wildman–Crippen LogP) is 3.73. The zero-order valence-electron chi connectivity index (χ0n) is 18.3. The van der Waals surface area contributed by atoms with Gasteiger partial charge in [0.2, 0.25) is 5.91 Å². The molecule has 4 rings (SSSR count). The number of nitrogens with zero attached hydrogens (tertiary/aromatic N) is 2. The highest BCUT2D eigenvalue weighted by Gasteiger charge is 2.47. The molecule has 6 heteroatoms. The summed E-state index contributed by atoms with van der Waals surface area (Å²) in [7, 11) is 0. The molecular formula is C24H33N3O3. The Morgan fingerprint density at radius 1 is 1.27 bits per heavy atom. The molecule has 2 amide bonds. The largest absolute Gasteiger partial charge is 0.379 e. The number of carbonyl (C=O) groups is 2. The highest BCUT2D eigenvalue weighted by molar-refractivity contribution is 6.03. The van der Waals surface area contributed by atoms with E-state index in [-0.39, 0.29) is 24.0 Å². The van der Waals surface area contributed by atoms with Gasteiger partial charge >= 0.3 is 0 Å². The first-order chi connectivity index (χ1) is 14.4. The molecule has 0 unspecified atom stereocenters. The zero-order chi connectivity index (χ0) is 21.3. The number of hydrogen-bond donors (Lipinski definition) is 1. The van der Waals surface area contributed by atoms with Crippen LogP contribution in [0.4, 0.5) is 0 Å². The molecule has 1 atom stereocenters. The van der Waals surface area contributed by atoms with E-state index in [4.69, 9.17) is 4.74 Å². The van der Waals surface area contributed by atoms with E-state index in [0.29, 0.717) is 31.8 Å². The van der Waals surface area contributed by atoms with Crippen LogP contribution in [0.2, 0.25) is 0 Å². The Balaban J connectivity index is 1.64. The van der Waals surface area contributed by atoms with Crippen LogP contribution in [0.25, 0.3) is 10.9 Å². The van der Waals surface area contributed by atoms with E-state index in [9.17, 15) is 9.59 Å². The topological polar surface area (TPSA) is 63.6 Å².